The number of rotatable bonds is 4. The Hall–Kier alpha value is -2.26. The van der Waals surface area contributed by atoms with Crippen LogP contribution in [0.5, 0.6) is 0 Å². The van der Waals surface area contributed by atoms with Crippen molar-refractivity contribution in [2.24, 2.45) is 0 Å². The van der Waals surface area contributed by atoms with Crippen LogP contribution in [0.2, 0.25) is 5.02 Å². The highest BCUT2D eigenvalue weighted by Gasteiger charge is 2.00. The van der Waals surface area contributed by atoms with Gasteiger partial charge in [0.15, 0.2) is 0 Å². The molecule has 4 heteroatoms. The first kappa shape index (κ1) is 13.7. The number of H-pyrrole nitrogens is 1. The zero-order chi connectivity index (χ0) is 14.7. The van der Waals surface area contributed by atoms with Crippen LogP contribution in [0, 0.1) is 6.92 Å². The SMILES string of the molecule is Cc1ccc(CNc2ccc(-c3ccn[nH]3)cc2)cc1Cl. The third kappa shape index (κ3) is 3.26. The van der Waals surface area contributed by atoms with E-state index in [2.05, 4.69) is 45.8 Å². The van der Waals surface area contributed by atoms with Gasteiger partial charge in [-0.1, -0.05) is 35.9 Å². The monoisotopic (exact) mass is 297 g/mol. The molecule has 0 radical (unpaired) electrons. The van der Waals surface area contributed by atoms with E-state index in [9.17, 15) is 0 Å². The van der Waals surface area contributed by atoms with Gasteiger partial charge in [-0.3, -0.25) is 5.10 Å². The molecule has 3 rings (SSSR count). The predicted octanol–water partition coefficient (Wildman–Crippen LogP) is 4.65. The molecule has 1 heterocycles. The summed E-state index contributed by atoms with van der Waals surface area (Å²) >= 11 is 6.14. The van der Waals surface area contributed by atoms with Gasteiger partial charge >= 0.3 is 0 Å². The zero-order valence-electron chi connectivity index (χ0n) is 11.7. The molecular formula is C17H16ClN3. The molecule has 0 saturated heterocycles. The summed E-state index contributed by atoms with van der Waals surface area (Å²) in [4.78, 5) is 0. The van der Waals surface area contributed by atoms with Crippen molar-refractivity contribution in [2.45, 2.75) is 13.5 Å². The van der Waals surface area contributed by atoms with E-state index >= 15 is 0 Å². The molecule has 0 aliphatic rings. The summed E-state index contributed by atoms with van der Waals surface area (Å²) in [5.41, 5.74) is 5.49. The summed E-state index contributed by atoms with van der Waals surface area (Å²) in [5.74, 6) is 0. The van der Waals surface area contributed by atoms with Crippen LogP contribution >= 0.6 is 11.6 Å². The minimum Gasteiger partial charge on any atom is -0.381 e. The average molecular weight is 298 g/mol. The molecular weight excluding hydrogens is 282 g/mol. The lowest BCUT2D eigenvalue weighted by Crippen LogP contribution is -1.99. The normalized spacial score (nSPS) is 10.6. The summed E-state index contributed by atoms with van der Waals surface area (Å²) in [5, 5.41) is 11.1. The third-order valence-corrected chi connectivity index (χ3v) is 3.84. The molecule has 0 fully saturated rings. The van der Waals surface area contributed by atoms with Crippen LogP contribution < -0.4 is 5.32 Å². The van der Waals surface area contributed by atoms with Gasteiger partial charge in [0.05, 0.1) is 5.69 Å². The second-order valence-corrected chi connectivity index (χ2v) is 5.39. The number of benzene rings is 2. The largest absolute Gasteiger partial charge is 0.381 e. The maximum atomic E-state index is 6.14. The lowest BCUT2D eigenvalue weighted by molar-refractivity contribution is 1.09. The molecule has 0 unspecified atom stereocenters. The molecule has 2 aromatic carbocycles. The Bertz CT molecular complexity index is 718. The Balaban J connectivity index is 1.66. The number of hydrogen-bond acceptors (Lipinski definition) is 2. The van der Waals surface area contributed by atoms with Crippen molar-refractivity contribution < 1.29 is 0 Å². The van der Waals surface area contributed by atoms with Crippen LogP contribution in [0.15, 0.2) is 54.7 Å². The van der Waals surface area contributed by atoms with Crippen LogP contribution in [0.3, 0.4) is 0 Å². The maximum absolute atomic E-state index is 6.14. The second kappa shape index (κ2) is 6.02. The van der Waals surface area contributed by atoms with E-state index < -0.39 is 0 Å². The molecule has 106 valence electrons. The van der Waals surface area contributed by atoms with Crippen molar-refractivity contribution >= 4 is 17.3 Å². The van der Waals surface area contributed by atoms with Gasteiger partial charge < -0.3 is 5.32 Å². The predicted molar refractivity (Wildman–Crippen MR) is 87.5 cm³/mol. The summed E-state index contributed by atoms with van der Waals surface area (Å²) in [6.07, 6.45) is 1.75. The molecule has 2 N–H and O–H groups in total. The third-order valence-electron chi connectivity index (χ3n) is 3.43. The van der Waals surface area contributed by atoms with Crippen LogP contribution in [0.25, 0.3) is 11.3 Å². The van der Waals surface area contributed by atoms with Crippen LogP contribution in [0.1, 0.15) is 11.1 Å². The van der Waals surface area contributed by atoms with Crippen molar-refractivity contribution in [2.75, 3.05) is 5.32 Å². The number of hydrogen-bond donors (Lipinski definition) is 2. The van der Waals surface area contributed by atoms with E-state index in [0.717, 1.165) is 34.1 Å². The molecule has 3 aromatic rings. The number of nitrogens with zero attached hydrogens (tertiary/aromatic N) is 1. The highest BCUT2D eigenvalue weighted by Crippen LogP contribution is 2.20. The zero-order valence-corrected chi connectivity index (χ0v) is 12.5. The number of halogens is 1. The number of anilines is 1. The smallest absolute Gasteiger partial charge is 0.0650 e. The molecule has 0 amide bonds. The first-order chi connectivity index (χ1) is 10.2. The number of nitrogens with one attached hydrogen (secondary N) is 2. The van der Waals surface area contributed by atoms with Gasteiger partial charge in [-0.05, 0) is 47.9 Å². The van der Waals surface area contributed by atoms with Crippen molar-refractivity contribution in [1.82, 2.24) is 10.2 Å². The average Bonchev–Trinajstić information content (AvgIpc) is 3.03. The fraction of sp³-hybridized carbons (Fsp3) is 0.118. The Labute approximate surface area is 129 Å². The minimum atomic E-state index is 0.753. The first-order valence-corrected chi connectivity index (χ1v) is 7.19. The Morgan fingerprint density at radius 1 is 1.10 bits per heavy atom. The molecule has 0 bridgehead atoms. The van der Waals surface area contributed by atoms with Gasteiger partial charge in [-0.25, -0.2) is 0 Å². The van der Waals surface area contributed by atoms with Crippen LogP contribution in [-0.4, -0.2) is 10.2 Å². The number of aryl methyl sites for hydroxylation is 1. The van der Waals surface area contributed by atoms with Crippen molar-refractivity contribution in [3.05, 3.63) is 70.9 Å². The van der Waals surface area contributed by atoms with Crippen molar-refractivity contribution in [1.29, 1.82) is 0 Å². The van der Waals surface area contributed by atoms with E-state index in [-0.39, 0.29) is 0 Å². The highest BCUT2D eigenvalue weighted by atomic mass is 35.5. The summed E-state index contributed by atoms with van der Waals surface area (Å²) < 4.78 is 0. The molecule has 0 aliphatic carbocycles. The second-order valence-electron chi connectivity index (χ2n) is 4.98. The van der Waals surface area contributed by atoms with Gasteiger partial charge in [0, 0.05) is 23.5 Å². The molecule has 1 aromatic heterocycles. The topological polar surface area (TPSA) is 40.7 Å². The van der Waals surface area contributed by atoms with Crippen molar-refractivity contribution in [3.8, 4) is 11.3 Å². The van der Waals surface area contributed by atoms with E-state index in [1.165, 1.54) is 5.56 Å². The maximum Gasteiger partial charge on any atom is 0.0650 e. The quantitative estimate of drug-likeness (QED) is 0.736. The van der Waals surface area contributed by atoms with Gasteiger partial charge in [0.2, 0.25) is 0 Å². The van der Waals surface area contributed by atoms with Gasteiger partial charge in [0.1, 0.15) is 0 Å². The minimum absolute atomic E-state index is 0.753. The molecule has 0 atom stereocenters. The Morgan fingerprint density at radius 3 is 2.57 bits per heavy atom. The van der Waals surface area contributed by atoms with Gasteiger partial charge in [0.25, 0.3) is 0 Å². The lowest BCUT2D eigenvalue weighted by Gasteiger charge is -2.08. The van der Waals surface area contributed by atoms with Crippen molar-refractivity contribution in [3.63, 3.8) is 0 Å². The Kier molecular flexibility index (Phi) is 3.93. The summed E-state index contributed by atoms with van der Waals surface area (Å²) in [7, 11) is 0. The summed E-state index contributed by atoms with van der Waals surface area (Å²) in [6.45, 7) is 2.76. The molecule has 0 aliphatic heterocycles. The van der Waals surface area contributed by atoms with E-state index in [4.69, 9.17) is 11.6 Å². The lowest BCUT2D eigenvalue weighted by atomic mass is 10.1. The van der Waals surface area contributed by atoms with E-state index in [1.54, 1.807) is 6.20 Å². The highest BCUT2D eigenvalue weighted by molar-refractivity contribution is 6.31. The number of aromatic amines is 1. The fourth-order valence-corrected chi connectivity index (χ4v) is 2.34. The molecule has 0 spiro atoms. The van der Waals surface area contributed by atoms with E-state index in [1.807, 2.05) is 25.1 Å². The van der Waals surface area contributed by atoms with E-state index in [0.29, 0.717) is 0 Å². The first-order valence-electron chi connectivity index (χ1n) is 6.81. The van der Waals surface area contributed by atoms with Gasteiger partial charge in [-0.15, -0.1) is 0 Å². The summed E-state index contributed by atoms with van der Waals surface area (Å²) in [6, 6.07) is 16.3. The number of aromatic nitrogens is 2. The molecule has 3 nitrogen and oxygen atoms in total. The Morgan fingerprint density at radius 2 is 1.90 bits per heavy atom. The van der Waals surface area contributed by atoms with Crippen LogP contribution in [0.4, 0.5) is 5.69 Å². The van der Waals surface area contributed by atoms with Crippen LogP contribution in [-0.2, 0) is 6.54 Å². The van der Waals surface area contributed by atoms with Gasteiger partial charge in [-0.2, -0.15) is 5.10 Å². The fourth-order valence-electron chi connectivity index (χ4n) is 2.13. The standard InChI is InChI=1S/C17H16ClN3/c1-12-2-3-13(10-16(12)18)11-19-15-6-4-14(5-7-15)17-8-9-20-21-17/h2-10,19H,11H2,1H3,(H,20,21). The molecule has 0 saturated carbocycles. The molecule has 21 heavy (non-hydrogen) atoms.